The van der Waals surface area contributed by atoms with Crippen LogP contribution in [0.5, 0.6) is 5.75 Å². The third kappa shape index (κ3) is 6.04. The second-order valence-corrected chi connectivity index (χ2v) is 11.6. The first-order valence-electron chi connectivity index (χ1n) is 14.6. The minimum atomic E-state index is -0.292. The van der Waals surface area contributed by atoms with E-state index in [-0.39, 0.29) is 11.3 Å². The standard InChI is InChI=1S/C32H42N8O2/c1-7-29(41)35-23-19-24(27(42-6)20-26(23)39(5)18-17-38(3)4)36-31-33-16-13-28(37-31)40-21-32(14-9-8-10-15-32)30-25(40)12-11-22(2)34-30/h7,11-13,16,19-20H,1,8-10,14-15,17-18,21H2,2-6H3,(H,35,41)(H,33,36,37). The molecule has 3 aromatic rings. The fourth-order valence-electron chi connectivity index (χ4n) is 6.03. The van der Waals surface area contributed by atoms with E-state index in [0.29, 0.717) is 23.1 Å². The molecule has 10 nitrogen and oxygen atoms in total. The van der Waals surface area contributed by atoms with Gasteiger partial charge in [0.15, 0.2) is 0 Å². The molecule has 5 rings (SSSR count). The average Bonchev–Trinajstić information content (AvgIpc) is 3.28. The summed E-state index contributed by atoms with van der Waals surface area (Å²) in [4.78, 5) is 33.3. The first-order chi connectivity index (χ1) is 20.2. The van der Waals surface area contributed by atoms with Crippen molar-refractivity contribution >= 4 is 40.4 Å². The highest BCUT2D eigenvalue weighted by Gasteiger charge is 2.45. The summed E-state index contributed by atoms with van der Waals surface area (Å²) in [6.45, 7) is 8.16. The van der Waals surface area contributed by atoms with Crippen LogP contribution in [0, 0.1) is 6.92 Å². The molecule has 42 heavy (non-hydrogen) atoms. The van der Waals surface area contributed by atoms with Crippen molar-refractivity contribution in [2.45, 2.75) is 44.4 Å². The molecule has 0 saturated heterocycles. The lowest BCUT2D eigenvalue weighted by molar-refractivity contribution is -0.111. The van der Waals surface area contributed by atoms with Gasteiger partial charge < -0.3 is 30.1 Å². The van der Waals surface area contributed by atoms with Gasteiger partial charge in [0.1, 0.15) is 11.6 Å². The van der Waals surface area contributed by atoms with Crippen LogP contribution in [-0.4, -0.2) is 73.6 Å². The van der Waals surface area contributed by atoms with Crippen molar-refractivity contribution in [2.24, 2.45) is 0 Å². The van der Waals surface area contributed by atoms with Crippen LogP contribution in [0.15, 0.2) is 49.2 Å². The number of amides is 1. The zero-order chi connectivity index (χ0) is 29.9. The molecule has 10 heteroatoms. The smallest absolute Gasteiger partial charge is 0.247 e. The highest BCUT2D eigenvalue weighted by Crippen LogP contribution is 2.50. The quantitative estimate of drug-likeness (QED) is 0.310. The maximum atomic E-state index is 12.3. The van der Waals surface area contributed by atoms with E-state index in [1.807, 2.05) is 39.3 Å². The molecular weight excluding hydrogens is 528 g/mol. The Labute approximate surface area is 248 Å². The first kappa shape index (κ1) is 29.3. The van der Waals surface area contributed by atoms with E-state index >= 15 is 0 Å². The van der Waals surface area contributed by atoms with Crippen molar-refractivity contribution in [2.75, 3.05) is 68.3 Å². The predicted molar refractivity (Wildman–Crippen MR) is 170 cm³/mol. The second-order valence-electron chi connectivity index (χ2n) is 11.6. The molecule has 0 unspecified atom stereocenters. The number of pyridine rings is 1. The molecule has 0 radical (unpaired) electrons. The van der Waals surface area contributed by atoms with Crippen molar-refractivity contribution in [1.82, 2.24) is 19.9 Å². The largest absolute Gasteiger partial charge is 0.494 e. The molecule has 222 valence electrons. The Kier molecular flexibility index (Phi) is 8.63. The SMILES string of the molecule is C=CC(=O)Nc1cc(Nc2nccc(N3CC4(CCCCC4)c4nc(C)ccc43)n2)c(OC)cc1N(C)CCN(C)C. The van der Waals surface area contributed by atoms with E-state index in [1.54, 1.807) is 13.3 Å². The van der Waals surface area contributed by atoms with E-state index in [0.717, 1.165) is 55.4 Å². The Bertz CT molecular complexity index is 1450. The molecule has 1 saturated carbocycles. The highest BCUT2D eigenvalue weighted by atomic mass is 16.5. The van der Waals surface area contributed by atoms with E-state index < -0.39 is 0 Å². The number of aromatic nitrogens is 3. The van der Waals surface area contributed by atoms with Crippen LogP contribution in [0.3, 0.4) is 0 Å². The van der Waals surface area contributed by atoms with Gasteiger partial charge in [0.2, 0.25) is 11.9 Å². The van der Waals surface area contributed by atoms with Crippen molar-refractivity contribution in [1.29, 1.82) is 0 Å². The van der Waals surface area contributed by atoms with Gasteiger partial charge in [-0.2, -0.15) is 4.98 Å². The van der Waals surface area contributed by atoms with Gasteiger partial charge in [0, 0.05) is 50.1 Å². The molecular formula is C32H42N8O2. The van der Waals surface area contributed by atoms with Crippen molar-refractivity contribution in [3.8, 4) is 5.75 Å². The normalized spacial score (nSPS) is 15.4. The fraction of sp³-hybridized carbons (Fsp3) is 0.438. The van der Waals surface area contributed by atoms with Gasteiger partial charge in [0.25, 0.3) is 0 Å². The number of hydrogen-bond donors (Lipinski definition) is 2. The molecule has 2 aromatic heterocycles. The minimum absolute atomic E-state index is 0.0636. The predicted octanol–water partition coefficient (Wildman–Crippen LogP) is 5.41. The first-order valence-corrected chi connectivity index (χ1v) is 14.6. The number of rotatable bonds is 10. The number of nitrogens with one attached hydrogen (secondary N) is 2. The zero-order valence-corrected chi connectivity index (χ0v) is 25.4. The van der Waals surface area contributed by atoms with Crippen LogP contribution < -0.4 is 25.2 Å². The molecule has 0 bridgehead atoms. The van der Waals surface area contributed by atoms with Gasteiger partial charge in [-0.1, -0.05) is 25.8 Å². The van der Waals surface area contributed by atoms with Gasteiger partial charge in [-0.05, 0) is 64.2 Å². The summed E-state index contributed by atoms with van der Waals surface area (Å²) in [5.74, 6) is 1.58. The highest BCUT2D eigenvalue weighted by molar-refractivity contribution is 6.02. The minimum Gasteiger partial charge on any atom is -0.494 e. The Balaban J connectivity index is 1.47. The lowest BCUT2D eigenvalue weighted by atomic mass is 9.73. The summed E-state index contributed by atoms with van der Waals surface area (Å²) in [6, 6.07) is 9.98. The van der Waals surface area contributed by atoms with E-state index in [2.05, 4.69) is 56.0 Å². The maximum absolute atomic E-state index is 12.3. The van der Waals surface area contributed by atoms with E-state index in [1.165, 1.54) is 31.0 Å². The molecule has 1 aliphatic heterocycles. The van der Waals surface area contributed by atoms with E-state index in [4.69, 9.17) is 14.7 Å². The molecule has 1 amide bonds. The van der Waals surface area contributed by atoms with Crippen LogP contribution in [0.2, 0.25) is 0 Å². The number of likely N-dealkylation sites (N-methyl/N-ethyl adjacent to an activating group) is 2. The van der Waals surface area contributed by atoms with E-state index in [9.17, 15) is 4.79 Å². The topological polar surface area (TPSA) is 98.8 Å². The van der Waals surface area contributed by atoms with Gasteiger partial charge >= 0.3 is 0 Å². The van der Waals surface area contributed by atoms with Crippen LogP contribution >= 0.6 is 0 Å². The average molecular weight is 571 g/mol. The summed E-state index contributed by atoms with van der Waals surface area (Å²) in [7, 11) is 7.68. The number of nitrogens with zero attached hydrogens (tertiary/aromatic N) is 6. The summed E-state index contributed by atoms with van der Waals surface area (Å²) >= 11 is 0. The molecule has 3 heterocycles. The number of fused-ring (bicyclic) bond motifs is 2. The second kappa shape index (κ2) is 12.4. The van der Waals surface area contributed by atoms with Crippen LogP contribution in [0.1, 0.15) is 43.5 Å². The summed E-state index contributed by atoms with van der Waals surface area (Å²) in [5.41, 5.74) is 5.55. The summed E-state index contributed by atoms with van der Waals surface area (Å²) in [6.07, 6.45) is 9.06. The Morgan fingerprint density at radius 1 is 1.10 bits per heavy atom. The number of hydrogen-bond acceptors (Lipinski definition) is 9. The number of ether oxygens (including phenoxy) is 1. The molecule has 1 spiro atoms. The van der Waals surface area contributed by atoms with Gasteiger partial charge in [-0.3, -0.25) is 9.78 Å². The van der Waals surface area contributed by atoms with Crippen molar-refractivity contribution in [3.05, 3.63) is 60.6 Å². The monoisotopic (exact) mass is 570 g/mol. The van der Waals surface area contributed by atoms with Gasteiger partial charge in [-0.15, -0.1) is 0 Å². The molecule has 0 atom stereocenters. The molecule has 1 aliphatic carbocycles. The number of carbonyl (C=O) groups is 1. The number of methoxy groups -OCH3 is 1. The number of anilines is 6. The lowest BCUT2D eigenvalue weighted by Gasteiger charge is -2.33. The Morgan fingerprint density at radius 3 is 2.60 bits per heavy atom. The van der Waals surface area contributed by atoms with Crippen LogP contribution in [0.25, 0.3) is 0 Å². The van der Waals surface area contributed by atoms with Crippen LogP contribution in [0.4, 0.5) is 34.5 Å². The third-order valence-electron chi connectivity index (χ3n) is 8.30. The maximum Gasteiger partial charge on any atom is 0.247 e. The summed E-state index contributed by atoms with van der Waals surface area (Å²) < 4.78 is 5.78. The Morgan fingerprint density at radius 2 is 1.88 bits per heavy atom. The number of carbonyl (C=O) groups excluding carboxylic acids is 1. The van der Waals surface area contributed by atoms with Crippen molar-refractivity contribution < 1.29 is 9.53 Å². The molecule has 1 fully saturated rings. The third-order valence-corrected chi connectivity index (χ3v) is 8.30. The molecule has 2 aliphatic rings. The summed E-state index contributed by atoms with van der Waals surface area (Å²) in [5, 5.41) is 6.29. The Hall–Kier alpha value is -4.18. The molecule has 2 N–H and O–H groups in total. The number of benzene rings is 1. The molecule has 1 aromatic carbocycles. The van der Waals surface area contributed by atoms with Gasteiger partial charge in [0.05, 0.1) is 35.6 Å². The zero-order valence-electron chi connectivity index (χ0n) is 25.4. The van der Waals surface area contributed by atoms with Gasteiger partial charge in [-0.25, -0.2) is 4.98 Å². The number of aryl methyl sites for hydroxylation is 1. The van der Waals surface area contributed by atoms with Crippen molar-refractivity contribution in [3.63, 3.8) is 0 Å². The lowest BCUT2D eigenvalue weighted by Crippen LogP contribution is -2.34. The van der Waals surface area contributed by atoms with Crippen LogP contribution in [-0.2, 0) is 10.2 Å². The fourth-order valence-corrected chi connectivity index (χ4v) is 6.03.